The molecule has 1 aliphatic rings. The summed E-state index contributed by atoms with van der Waals surface area (Å²) in [5.74, 6) is -0.478. The maximum atomic E-state index is 11.7. The highest BCUT2D eigenvalue weighted by Gasteiger charge is 2.15. The molecular formula is C9H16F2N2O2. The van der Waals surface area contributed by atoms with E-state index in [1.807, 2.05) is 0 Å². The van der Waals surface area contributed by atoms with Crippen LogP contribution < -0.4 is 10.6 Å². The minimum atomic E-state index is -2.51. The van der Waals surface area contributed by atoms with Crippen LogP contribution in [0.5, 0.6) is 0 Å². The largest absolute Gasteiger partial charge is 0.368 e. The summed E-state index contributed by atoms with van der Waals surface area (Å²) in [4.78, 5) is 11.0. The van der Waals surface area contributed by atoms with Gasteiger partial charge in [-0.1, -0.05) is 0 Å². The fraction of sp³-hybridized carbons (Fsp3) is 0.889. The number of nitrogens with one attached hydrogen (secondary N) is 2. The van der Waals surface area contributed by atoms with Crippen molar-refractivity contribution in [3.63, 3.8) is 0 Å². The van der Waals surface area contributed by atoms with E-state index < -0.39 is 18.9 Å². The van der Waals surface area contributed by atoms with Gasteiger partial charge in [-0.05, 0) is 25.9 Å². The molecule has 0 saturated carbocycles. The van der Waals surface area contributed by atoms with Crippen molar-refractivity contribution in [3.8, 4) is 0 Å². The van der Waals surface area contributed by atoms with Crippen molar-refractivity contribution in [1.29, 1.82) is 0 Å². The van der Waals surface area contributed by atoms with Crippen LogP contribution in [0.2, 0.25) is 0 Å². The molecule has 1 heterocycles. The smallest absolute Gasteiger partial charge is 0.255 e. The summed E-state index contributed by atoms with van der Waals surface area (Å²) in [5.41, 5.74) is 0. The summed E-state index contributed by atoms with van der Waals surface area (Å²) >= 11 is 0. The quantitative estimate of drug-likeness (QED) is 0.695. The second-order valence-corrected chi connectivity index (χ2v) is 3.46. The third-order valence-electron chi connectivity index (χ3n) is 2.19. The molecule has 1 saturated heterocycles. The van der Waals surface area contributed by atoms with Crippen LogP contribution in [0.4, 0.5) is 8.78 Å². The Kier molecular flexibility index (Phi) is 5.49. The van der Waals surface area contributed by atoms with Gasteiger partial charge in [-0.2, -0.15) is 0 Å². The normalized spacial score (nSPS) is 18.1. The number of hydrogen-bond acceptors (Lipinski definition) is 3. The number of piperidine rings is 1. The molecule has 1 amide bonds. The topological polar surface area (TPSA) is 50.4 Å². The third-order valence-corrected chi connectivity index (χ3v) is 2.19. The van der Waals surface area contributed by atoms with Crippen LogP contribution in [0, 0.1) is 0 Å². The van der Waals surface area contributed by atoms with Crippen LogP contribution in [0.3, 0.4) is 0 Å². The molecule has 2 N–H and O–H groups in total. The Morgan fingerprint density at radius 1 is 1.47 bits per heavy atom. The molecule has 0 atom stereocenters. The van der Waals surface area contributed by atoms with Crippen LogP contribution in [-0.2, 0) is 9.53 Å². The van der Waals surface area contributed by atoms with E-state index in [9.17, 15) is 13.6 Å². The summed E-state index contributed by atoms with van der Waals surface area (Å²) in [6.07, 6.45) is -0.707. The van der Waals surface area contributed by atoms with Crippen molar-refractivity contribution in [3.05, 3.63) is 0 Å². The van der Waals surface area contributed by atoms with Gasteiger partial charge in [-0.25, -0.2) is 8.78 Å². The van der Waals surface area contributed by atoms with Gasteiger partial charge in [0.25, 0.3) is 6.43 Å². The number of carbonyl (C=O) groups excluding carboxylic acids is 1. The lowest BCUT2D eigenvalue weighted by Gasteiger charge is -2.22. The average molecular weight is 222 g/mol. The van der Waals surface area contributed by atoms with Crippen LogP contribution in [0.15, 0.2) is 0 Å². The lowest BCUT2D eigenvalue weighted by Crippen LogP contribution is -2.36. The molecule has 0 spiro atoms. The molecule has 88 valence electrons. The minimum absolute atomic E-state index is 0.0727. The molecule has 0 aliphatic carbocycles. The van der Waals surface area contributed by atoms with E-state index in [2.05, 4.69) is 10.6 Å². The monoisotopic (exact) mass is 222 g/mol. The molecule has 0 bridgehead atoms. The number of halogens is 2. The summed E-state index contributed by atoms with van der Waals surface area (Å²) in [6, 6.07) is 0. The SMILES string of the molecule is O=C(COC1CCNCC1)NCC(F)F. The first-order valence-corrected chi connectivity index (χ1v) is 5.05. The van der Waals surface area contributed by atoms with Crippen molar-refractivity contribution < 1.29 is 18.3 Å². The van der Waals surface area contributed by atoms with E-state index in [1.165, 1.54) is 0 Å². The van der Waals surface area contributed by atoms with Crippen molar-refractivity contribution >= 4 is 5.91 Å². The lowest BCUT2D eigenvalue weighted by atomic mass is 10.1. The summed E-state index contributed by atoms with van der Waals surface area (Å²) < 4.78 is 28.7. The number of carbonyl (C=O) groups is 1. The minimum Gasteiger partial charge on any atom is -0.368 e. The average Bonchev–Trinajstić information content (AvgIpc) is 2.25. The Balaban J connectivity index is 2.05. The predicted octanol–water partition coefficient (Wildman–Crippen LogP) is 0.136. The van der Waals surface area contributed by atoms with E-state index in [1.54, 1.807) is 0 Å². The highest BCUT2D eigenvalue weighted by Crippen LogP contribution is 2.06. The number of amides is 1. The summed E-state index contributed by atoms with van der Waals surface area (Å²) in [7, 11) is 0. The molecule has 0 aromatic carbocycles. The molecule has 0 radical (unpaired) electrons. The molecule has 1 rings (SSSR count). The fourth-order valence-corrected chi connectivity index (χ4v) is 1.40. The maximum Gasteiger partial charge on any atom is 0.255 e. The standard InChI is InChI=1S/C9H16F2N2O2/c10-8(11)5-13-9(14)6-15-7-1-3-12-4-2-7/h7-8,12H,1-6H2,(H,13,14). The highest BCUT2D eigenvalue weighted by atomic mass is 19.3. The van der Waals surface area contributed by atoms with E-state index >= 15 is 0 Å². The summed E-state index contributed by atoms with van der Waals surface area (Å²) in [5, 5.41) is 5.25. The molecule has 0 aromatic heterocycles. The molecule has 6 heteroatoms. The molecule has 0 unspecified atom stereocenters. The zero-order valence-corrected chi connectivity index (χ0v) is 8.47. The highest BCUT2D eigenvalue weighted by molar-refractivity contribution is 5.77. The first-order valence-electron chi connectivity index (χ1n) is 5.05. The molecule has 15 heavy (non-hydrogen) atoms. The van der Waals surface area contributed by atoms with Crippen LogP contribution in [-0.4, -0.2) is 44.7 Å². The van der Waals surface area contributed by atoms with Gasteiger partial charge in [-0.3, -0.25) is 4.79 Å². The van der Waals surface area contributed by atoms with Gasteiger partial charge in [0, 0.05) is 0 Å². The summed E-state index contributed by atoms with van der Waals surface area (Å²) in [6.45, 7) is 1.03. The van der Waals surface area contributed by atoms with Gasteiger partial charge in [0.2, 0.25) is 5.91 Å². The van der Waals surface area contributed by atoms with E-state index in [4.69, 9.17) is 4.74 Å². The maximum absolute atomic E-state index is 11.7. The Morgan fingerprint density at radius 3 is 2.73 bits per heavy atom. The van der Waals surface area contributed by atoms with E-state index in [0.717, 1.165) is 25.9 Å². The first kappa shape index (κ1) is 12.3. The lowest BCUT2D eigenvalue weighted by molar-refractivity contribution is -0.128. The Labute approximate surface area is 87.4 Å². The first-order chi connectivity index (χ1) is 7.18. The van der Waals surface area contributed by atoms with Crippen molar-refractivity contribution in [2.75, 3.05) is 26.2 Å². The van der Waals surface area contributed by atoms with Crippen molar-refractivity contribution in [2.45, 2.75) is 25.4 Å². The molecule has 0 aromatic rings. The molecule has 1 aliphatic heterocycles. The molecule has 1 fully saturated rings. The van der Waals surface area contributed by atoms with Crippen LogP contribution in [0.25, 0.3) is 0 Å². The van der Waals surface area contributed by atoms with E-state index in [-0.39, 0.29) is 12.7 Å². The molecule has 4 nitrogen and oxygen atoms in total. The zero-order valence-electron chi connectivity index (χ0n) is 8.47. The Bertz CT molecular complexity index is 197. The zero-order chi connectivity index (χ0) is 11.1. The van der Waals surface area contributed by atoms with E-state index in [0.29, 0.717) is 0 Å². The van der Waals surface area contributed by atoms with Crippen LogP contribution >= 0.6 is 0 Å². The van der Waals surface area contributed by atoms with Crippen LogP contribution in [0.1, 0.15) is 12.8 Å². The van der Waals surface area contributed by atoms with Gasteiger partial charge >= 0.3 is 0 Å². The number of ether oxygens (including phenoxy) is 1. The number of hydrogen-bond donors (Lipinski definition) is 2. The Hall–Kier alpha value is -0.750. The second-order valence-electron chi connectivity index (χ2n) is 3.46. The fourth-order valence-electron chi connectivity index (χ4n) is 1.40. The van der Waals surface area contributed by atoms with Crippen molar-refractivity contribution in [2.24, 2.45) is 0 Å². The second kappa shape index (κ2) is 6.68. The van der Waals surface area contributed by atoms with Gasteiger partial charge < -0.3 is 15.4 Å². The van der Waals surface area contributed by atoms with Crippen molar-refractivity contribution in [1.82, 2.24) is 10.6 Å². The third kappa shape index (κ3) is 5.64. The predicted molar refractivity (Wildman–Crippen MR) is 50.9 cm³/mol. The Morgan fingerprint density at radius 2 is 2.13 bits per heavy atom. The molecular weight excluding hydrogens is 206 g/mol. The van der Waals surface area contributed by atoms with Gasteiger partial charge in [-0.15, -0.1) is 0 Å². The van der Waals surface area contributed by atoms with Gasteiger partial charge in [0.05, 0.1) is 12.6 Å². The number of rotatable bonds is 5. The van der Waals surface area contributed by atoms with Gasteiger partial charge in [0.15, 0.2) is 0 Å². The number of alkyl halides is 2. The van der Waals surface area contributed by atoms with Gasteiger partial charge in [0.1, 0.15) is 6.61 Å².